The zero-order valence-electron chi connectivity index (χ0n) is 17.0. The van der Waals surface area contributed by atoms with E-state index >= 15 is 0 Å². The van der Waals surface area contributed by atoms with E-state index in [4.69, 9.17) is 16.2 Å². The van der Waals surface area contributed by atoms with Crippen LogP contribution >= 0.6 is 0 Å². The molecule has 150 valence electrons. The van der Waals surface area contributed by atoms with Gasteiger partial charge in [0, 0.05) is 42.8 Å². The summed E-state index contributed by atoms with van der Waals surface area (Å²) in [6.07, 6.45) is 10.0. The quantitative estimate of drug-likeness (QED) is 0.378. The molecule has 8 heteroatoms. The molecule has 0 saturated heterocycles. The molecule has 0 aliphatic heterocycles. The van der Waals surface area contributed by atoms with Crippen molar-refractivity contribution in [1.82, 2.24) is 24.7 Å². The lowest BCUT2D eigenvalue weighted by atomic mass is 9.70. The smallest absolute Gasteiger partial charge is 0.266 e. The second-order valence-corrected chi connectivity index (χ2v) is 7.49. The van der Waals surface area contributed by atoms with E-state index < -0.39 is 5.41 Å². The number of aromatic nitrogens is 5. The van der Waals surface area contributed by atoms with Gasteiger partial charge in [-0.1, -0.05) is 19.9 Å². The molecule has 29 heavy (non-hydrogen) atoms. The first-order valence-electron chi connectivity index (χ1n) is 9.27. The molecule has 3 rings (SSSR count). The van der Waals surface area contributed by atoms with E-state index in [1.807, 2.05) is 19.1 Å². The van der Waals surface area contributed by atoms with E-state index in [0.29, 0.717) is 11.3 Å². The molecule has 0 spiro atoms. The van der Waals surface area contributed by atoms with E-state index in [0.717, 1.165) is 16.8 Å². The highest BCUT2D eigenvalue weighted by atomic mass is 16.3. The van der Waals surface area contributed by atoms with Crippen LogP contribution in [0, 0.1) is 11.3 Å². The summed E-state index contributed by atoms with van der Waals surface area (Å²) >= 11 is 0. The van der Waals surface area contributed by atoms with E-state index in [-0.39, 0.29) is 17.6 Å². The van der Waals surface area contributed by atoms with Crippen molar-refractivity contribution in [1.29, 1.82) is 5.41 Å². The van der Waals surface area contributed by atoms with Gasteiger partial charge in [0.2, 0.25) is 5.95 Å². The van der Waals surface area contributed by atoms with Crippen LogP contribution in [0.5, 0.6) is 0 Å². The minimum Gasteiger partial charge on any atom is -0.593 e. The van der Waals surface area contributed by atoms with Crippen LogP contribution in [0.25, 0.3) is 17.0 Å². The minimum atomic E-state index is -0.600. The van der Waals surface area contributed by atoms with Crippen molar-refractivity contribution in [2.75, 3.05) is 5.73 Å². The summed E-state index contributed by atoms with van der Waals surface area (Å²) in [7, 11) is 1.81. The van der Waals surface area contributed by atoms with E-state index in [9.17, 15) is 0 Å². The molecule has 3 aromatic rings. The molecule has 3 heterocycles. The van der Waals surface area contributed by atoms with E-state index in [1.54, 1.807) is 48.8 Å². The third kappa shape index (κ3) is 4.01. The molecule has 1 unspecified atom stereocenters. The first kappa shape index (κ1) is 20.2. The largest absolute Gasteiger partial charge is 0.593 e. The lowest BCUT2D eigenvalue weighted by Crippen LogP contribution is -2.36. The summed E-state index contributed by atoms with van der Waals surface area (Å²) in [6.45, 7) is 6.14. The fourth-order valence-corrected chi connectivity index (χ4v) is 3.08. The maximum absolute atomic E-state index is 8.75. The monoisotopic (exact) mass is 392 g/mol. The van der Waals surface area contributed by atoms with Gasteiger partial charge in [-0.25, -0.2) is 9.97 Å². The van der Waals surface area contributed by atoms with Crippen molar-refractivity contribution in [3.63, 3.8) is 0 Å². The van der Waals surface area contributed by atoms with Crippen molar-refractivity contribution in [2.45, 2.75) is 26.2 Å². The average molecular weight is 392 g/mol. The minimum absolute atomic E-state index is 0.125. The van der Waals surface area contributed by atoms with Gasteiger partial charge >= 0.3 is 0 Å². The Kier molecular flexibility index (Phi) is 5.45. The lowest BCUT2D eigenvalue weighted by Gasteiger charge is -2.33. The molecule has 0 radical (unpaired) electrons. The zero-order chi connectivity index (χ0) is 21.2. The van der Waals surface area contributed by atoms with Crippen LogP contribution in [-0.4, -0.2) is 35.6 Å². The van der Waals surface area contributed by atoms with Gasteiger partial charge in [-0.2, -0.15) is 5.10 Å². The average Bonchev–Trinajstić information content (AvgIpc) is 3.14. The molecule has 3 aromatic heterocycles. The maximum Gasteiger partial charge on any atom is 0.266 e. The van der Waals surface area contributed by atoms with Crippen LogP contribution in [0.2, 0.25) is 0 Å². The fourth-order valence-electron chi connectivity index (χ4n) is 3.08. The van der Waals surface area contributed by atoms with Gasteiger partial charge in [0.25, 0.3) is 5.76 Å². The van der Waals surface area contributed by atoms with Crippen LogP contribution in [0.3, 0.4) is 0 Å². The number of nitrogen functional groups attached to an aromatic ring is 1. The van der Waals surface area contributed by atoms with Gasteiger partial charge in [-0.05, 0) is 24.5 Å². The number of rotatable bonds is 6. The summed E-state index contributed by atoms with van der Waals surface area (Å²) in [5.74, 6) is 0.608. The van der Waals surface area contributed by atoms with Gasteiger partial charge in [-0.3, -0.25) is 9.67 Å². The summed E-state index contributed by atoms with van der Waals surface area (Å²) in [5.41, 5.74) is 8.40. The number of nitrogens with two attached hydrogens (primary N) is 1. The summed E-state index contributed by atoms with van der Waals surface area (Å²) in [4.78, 5) is 12.6. The first-order chi connectivity index (χ1) is 13.7. The Morgan fingerprint density at radius 1 is 1.17 bits per heavy atom. The van der Waals surface area contributed by atoms with Gasteiger partial charge in [0.05, 0.1) is 23.7 Å². The summed E-state index contributed by atoms with van der Waals surface area (Å²) in [6, 6.07) is 3.86. The van der Waals surface area contributed by atoms with Crippen molar-refractivity contribution in [3.05, 3.63) is 60.3 Å². The number of aryl methyl sites for hydroxylation is 1. The fraction of sp³-hybridized carbons (Fsp3) is 0.286. The van der Waals surface area contributed by atoms with Crippen LogP contribution in [-0.2, 0) is 12.5 Å². The second-order valence-electron chi connectivity index (χ2n) is 7.49. The molecule has 0 fully saturated rings. The van der Waals surface area contributed by atoms with Crippen LogP contribution in [0.15, 0.2) is 49.2 Å². The molecule has 0 aliphatic carbocycles. The highest BCUT2D eigenvalue weighted by Gasteiger charge is 2.35. The van der Waals surface area contributed by atoms with Crippen molar-refractivity contribution in [3.8, 4) is 11.3 Å². The highest BCUT2D eigenvalue weighted by Crippen LogP contribution is 2.35. The highest BCUT2D eigenvalue weighted by molar-refractivity contribution is 6.04. The molecule has 8 nitrogen and oxygen atoms in total. The Hall–Kier alpha value is -3.55. The number of pyridine rings is 1. The van der Waals surface area contributed by atoms with Crippen molar-refractivity contribution in [2.24, 2.45) is 13.0 Å². The SMILES string of the molecule is CC(C)C(C)(C(=N)/C=C(\[OH2+])c1cnn(C)c1)c1ccc(-c2cnc(N)nc2)nc1. The number of allylic oxidation sites excluding steroid dienone is 1. The molecule has 0 aromatic carbocycles. The third-order valence-corrected chi connectivity index (χ3v) is 5.35. The maximum atomic E-state index is 8.75. The Balaban J connectivity index is 1.93. The molecular formula is C21H26N7O+. The molecule has 0 amide bonds. The Morgan fingerprint density at radius 2 is 1.86 bits per heavy atom. The first-order valence-corrected chi connectivity index (χ1v) is 9.27. The standard InChI is InChI=1S/C21H25N7O/c1-13(2)21(3,19(22)7-18(29)15-10-27-28(4)12-15)16-5-6-17(24-11-16)14-8-25-20(23)26-9-14/h5-13,22,29H,1-4H3,(H2,23,25,26)/p+1/b18-7-,22-19?. The lowest BCUT2D eigenvalue weighted by molar-refractivity contribution is 0.447. The normalized spacial score (nSPS) is 14.0. The second kappa shape index (κ2) is 7.83. The van der Waals surface area contributed by atoms with E-state index in [1.165, 1.54) is 0 Å². The van der Waals surface area contributed by atoms with E-state index in [2.05, 4.69) is 33.9 Å². The zero-order valence-corrected chi connectivity index (χ0v) is 17.0. The predicted molar refractivity (Wildman–Crippen MR) is 114 cm³/mol. The number of hydrogen-bond acceptors (Lipinski definition) is 6. The number of nitrogens with one attached hydrogen (secondary N) is 1. The number of hydrogen-bond donors (Lipinski definition) is 2. The van der Waals surface area contributed by atoms with Crippen LogP contribution in [0.1, 0.15) is 31.9 Å². The summed E-state index contributed by atoms with van der Waals surface area (Å²) in [5, 5.41) is 21.2. The topological polar surface area (TPSA) is 129 Å². The molecular weight excluding hydrogens is 366 g/mol. The Labute approximate surface area is 169 Å². The third-order valence-electron chi connectivity index (χ3n) is 5.35. The molecule has 0 bridgehead atoms. The van der Waals surface area contributed by atoms with Gasteiger partial charge in [0.1, 0.15) is 5.56 Å². The number of anilines is 1. The molecule has 0 aliphatic rings. The van der Waals surface area contributed by atoms with Crippen molar-refractivity contribution < 1.29 is 5.11 Å². The van der Waals surface area contributed by atoms with Gasteiger partial charge in [0.15, 0.2) is 0 Å². The van der Waals surface area contributed by atoms with Gasteiger partial charge in [-0.15, -0.1) is 0 Å². The summed E-state index contributed by atoms with van der Waals surface area (Å²) < 4.78 is 1.65. The molecule has 1 atom stereocenters. The van der Waals surface area contributed by atoms with Gasteiger partial charge < -0.3 is 16.2 Å². The van der Waals surface area contributed by atoms with Crippen LogP contribution in [0.4, 0.5) is 5.95 Å². The Morgan fingerprint density at radius 3 is 2.38 bits per heavy atom. The molecule has 5 N–H and O–H groups in total. The predicted octanol–water partition coefficient (Wildman–Crippen LogP) is 2.55. The Bertz CT molecular complexity index is 1040. The number of nitrogens with zero attached hydrogens (tertiary/aromatic N) is 5. The van der Waals surface area contributed by atoms with Crippen molar-refractivity contribution >= 4 is 17.4 Å². The van der Waals surface area contributed by atoms with Crippen LogP contribution < -0.4 is 5.73 Å². The molecule has 0 saturated carbocycles.